The van der Waals surface area contributed by atoms with Crippen molar-refractivity contribution in [1.82, 2.24) is 50.5 Å². The number of fused-ring (bicyclic) bond motifs is 1. The van der Waals surface area contributed by atoms with Crippen LogP contribution in [0.15, 0.2) is 49.1 Å². The first kappa shape index (κ1) is 56.6. The third-order valence-corrected chi connectivity index (χ3v) is 16.4. The number of aromatic nitrogens is 3. The molecule has 0 bridgehead atoms. The van der Waals surface area contributed by atoms with Gasteiger partial charge in [-0.2, -0.15) is 13.2 Å². The van der Waals surface area contributed by atoms with E-state index in [4.69, 9.17) is 9.47 Å². The van der Waals surface area contributed by atoms with Gasteiger partial charge in [-0.15, -0.1) is 0 Å². The normalized spacial score (nSPS) is 27.3. The summed E-state index contributed by atoms with van der Waals surface area (Å²) in [6.07, 6.45) is 4.59. The Kier molecular flexibility index (Phi) is 18.4. The number of nitrogens with zero attached hydrogens (tertiary/aromatic N) is 7. The van der Waals surface area contributed by atoms with Crippen molar-refractivity contribution >= 4 is 46.3 Å². The Balaban J connectivity index is 0.744. The zero-order chi connectivity index (χ0) is 54.3. The molecule has 23 heteroatoms. The Labute approximate surface area is 439 Å². The fraction of sp³-hybridized carbons (Fsp3) is 0.660. The average molecular weight is 1070 g/mol. The van der Waals surface area contributed by atoms with Crippen LogP contribution in [0.1, 0.15) is 95.2 Å². The second-order valence-electron chi connectivity index (χ2n) is 21.3. The molecule has 5 heterocycles. The molecule has 3 saturated heterocycles. The molecule has 8 rings (SSSR count). The summed E-state index contributed by atoms with van der Waals surface area (Å²) in [5.41, 5.74) is 0.249. The number of likely N-dealkylation sites (tertiary alicyclic amines) is 3. The van der Waals surface area contributed by atoms with Gasteiger partial charge in [0, 0.05) is 74.9 Å². The van der Waals surface area contributed by atoms with Gasteiger partial charge in [0.25, 0.3) is 5.92 Å². The van der Waals surface area contributed by atoms with Crippen molar-refractivity contribution in [3.05, 3.63) is 60.2 Å². The van der Waals surface area contributed by atoms with Gasteiger partial charge in [-0.25, -0.2) is 18.7 Å². The van der Waals surface area contributed by atoms with E-state index in [9.17, 15) is 37.1 Å². The summed E-state index contributed by atoms with van der Waals surface area (Å²) in [6, 6.07) is 5.25. The SMILES string of the molecule is CC(C)N(C)[C@@H]1CC[C@H](N2CC[C@H](Nc3ncnc4ccc(C(F)(F)F)cc34)C2=O)[C@H](NC(=O)C2CCC(N3CCC(C(=O)NCCOCCOCCNC(=O)[C@H]4CC(=O)N(C)[C@@H]4c4cccnc4)C(F)(F)C3)CC2)C1. The van der Waals surface area contributed by atoms with E-state index >= 15 is 8.78 Å². The average Bonchev–Trinajstić information content (AvgIpc) is 3.92. The quantitative estimate of drug-likeness (QED) is 0.0889. The van der Waals surface area contributed by atoms with Gasteiger partial charge >= 0.3 is 6.18 Å². The largest absolute Gasteiger partial charge is 0.416 e. The molecule has 1 aromatic carbocycles. The highest BCUT2D eigenvalue weighted by Crippen LogP contribution is 2.40. The highest BCUT2D eigenvalue weighted by atomic mass is 19.4. The summed E-state index contributed by atoms with van der Waals surface area (Å²) in [4.78, 5) is 86.4. The maximum absolute atomic E-state index is 15.7. The number of hydrogen-bond acceptors (Lipinski definition) is 13. The van der Waals surface area contributed by atoms with E-state index in [-0.39, 0.29) is 123 Å². The minimum absolute atomic E-state index is 0.0162. The van der Waals surface area contributed by atoms with Crippen molar-refractivity contribution in [1.29, 1.82) is 0 Å². The van der Waals surface area contributed by atoms with E-state index in [0.717, 1.165) is 24.1 Å². The molecule has 1 unspecified atom stereocenters. The molecule has 5 amide bonds. The molecule has 3 aromatic rings. The smallest absolute Gasteiger partial charge is 0.377 e. The van der Waals surface area contributed by atoms with Crippen LogP contribution in [0, 0.1) is 17.8 Å². The number of nitrogens with one attached hydrogen (secondary N) is 4. The van der Waals surface area contributed by atoms with Gasteiger partial charge in [0.2, 0.25) is 29.5 Å². The predicted octanol–water partition coefficient (Wildman–Crippen LogP) is 4.80. The molecule has 7 atom stereocenters. The van der Waals surface area contributed by atoms with Gasteiger partial charge in [0.1, 0.15) is 24.1 Å². The van der Waals surface area contributed by atoms with Crippen LogP contribution in [0.2, 0.25) is 0 Å². The lowest BCUT2D eigenvalue weighted by atomic mass is 9.81. The Hall–Kier alpha value is -5.65. The van der Waals surface area contributed by atoms with E-state index in [1.54, 1.807) is 40.2 Å². The second kappa shape index (κ2) is 24.8. The number of alkyl halides is 5. The first-order chi connectivity index (χ1) is 36.3. The molecule has 416 valence electrons. The fourth-order valence-corrected chi connectivity index (χ4v) is 11.9. The number of carbonyl (C=O) groups is 5. The van der Waals surface area contributed by atoms with Gasteiger partial charge in [-0.05, 0) is 115 Å². The van der Waals surface area contributed by atoms with Crippen molar-refractivity contribution in [2.24, 2.45) is 17.8 Å². The summed E-state index contributed by atoms with van der Waals surface area (Å²) in [7, 11) is 3.73. The molecular weight excluding hydrogens is 998 g/mol. The molecule has 3 aliphatic heterocycles. The summed E-state index contributed by atoms with van der Waals surface area (Å²) >= 11 is 0. The number of ether oxygens (including phenoxy) is 2. The van der Waals surface area contributed by atoms with Gasteiger partial charge in [-0.3, -0.25) is 33.9 Å². The molecule has 0 spiro atoms. The minimum atomic E-state index is -4.57. The molecule has 76 heavy (non-hydrogen) atoms. The topological polar surface area (TPSA) is 204 Å². The molecule has 0 radical (unpaired) electrons. The van der Waals surface area contributed by atoms with Crippen LogP contribution in [-0.2, 0) is 39.6 Å². The van der Waals surface area contributed by atoms with Crippen LogP contribution in [0.3, 0.4) is 0 Å². The number of piperidine rings is 1. The van der Waals surface area contributed by atoms with Gasteiger partial charge in [-0.1, -0.05) is 6.07 Å². The highest BCUT2D eigenvalue weighted by Gasteiger charge is 2.50. The molecular formula is C53H72F5N11O7. The van der Waals surface area contributed by atoms with Crippen LogP contribution in [-0.4, -0.2) is 180 Å². The minimum Gasteiger partial charge on any atom is -0.377 e. The summed E-state index contributed by atoms with van der Waals surface area (Å²) in [5, 5.41) is 12.0. The Morgan fingerprint density at radius 2 is 1.61 bits per heavy atom. The maximum atomic E-state index is 15.7. The molecule has 2 aromatic heterocycles. The number of pyridine rings is 1. The fourth-order valence-electron chi connectivity index (χ4n) is 11.9. The lowest BCUT2D eigenvalue weighted by molar-refractivity contribution is -0.155. The van der Waals surface area contributed by atoms with E-state index < -0.39 is 54.0 Å². The van der Waals surface area contributed by atoms with Crippen LogP contribution in [0.5, 0.6) is 0 Å². The molecule has 18 nitrogen and oxygen atoms in total. The Bertz CT molecular complexity index is 2500. The summed E-state index contributed by atoms with van der Waals surface area (Å²) in [6.45, 7) is 5.36. The van der Waals surface area contributed by atoms with Crippen LogP contribution in [0.4, 0.5) is 27.8 Å². The summed E-state index contributed by atoms with van der Waals surface area (Å²) in [5.74, 6) is -6.94. The highest BCUT2D eigenvalue weighted by molar-refractivity contribution is 5.93. The van der Waals surface area contributed by atoms with Crippen molar-refractivity contribution in [2.45, 2.75) is 132 Å². The van der Waals surface area contributed by atoms with E-state index in [1.165, 1.54) is 12.4 Å². The maximum Gasteiger partial charge on any atom is 0.416 e. The zero-order valence-corrected chi connectivity index (χ0v) is 43.7. The van der Waals surface area contributed by atoms with Crippen LogP contribution >= 0.6 is 0 Å². The van der Waals surface area contributed by atoms with Crippen molar-refractivity contribution in [2.75, 3.05) is 78.6 Å². The number of anilines is 1. The van der Waals surface area contributed by atoms with Crippen molar-refractivity contribution < 1.29 is 55.4 Å². The third kappa shape index (κ3) is 13.4. The monoisotopic (exact) mass is 1070 g/mol. The molecule has 4 N–H and O–H groups in total. The zero-order valence-electron chi connectivity index (χ0n) is 43.7. The standard InChI is InChI=1S/C53H72F5N11O7/c1-32(2)66(3)37-12-14-44(69-21-16-42(51(69)74)64-47-38-26-35(53(56,57)58)9-13-41(38)62-31-63-47)43(27-37)65-48(71)33-7-10-36(11-8-33)68-20-15-40(52(54,55)30-68)50(73)61-19-23-76-25-24-75-22-18-60-49(72)39-28-45(70)67(4)46(39)34-6-5-17-59-29-34/h5-6,9,13,17,26,29,31-33,36-37,39-40,42-44,46H,7-8,10-12,14-16,18-25,27-28,30H2,1-4H3,(H,60,72)(H,61,73)(H,65,71)(H,62,63,64)/t33?,36?,37-,39+,40?,42+,43-,44+,46-/m1/s1. The number of rotatable bonds is 20. The molecule has 5 aliphatic rings. The van der Waals surface area contributed by atoms with Gasteiger partial charge in [0.05, 0.1) is 68.1 Å². The third-order valence-electron chi connectivity index (χ3n) is 16.4. The number of halogens is 5. The Morgan fingerprint density at radius 1 is 0.882 bits per heavy atom. The van der Waals surface area contributed by atoms with E-state index in [0.29, 0.717) is 63.6 Å². The first-order valence-corrected chi connectivity index (χ1v) is 26.7. The van der Waals surface area contributed by atoms with Gasteiger partial charge in [0.15, 0.2) is 0 Å². The number of carbonyl (C=O) groups excluding carboxylic acids is 5. The van der Waals surface area contributed by atoms with Crippen molar-refractivity contribution in [3.8, 4) is 0 Å². The second-order valence-corrected chi connectivity index (χ2v) is 21.3. The summed E-state index contributed by atoms with van der Waals surface area (Å²) < 4.78 is 83.3. The number of hydrogen-bond donors (Lipinski definition) is 4. The van der Waals surface area contributed by atoms with Crippen LogP contribution in [0.25, 0.3) is 10.9 Å². The molecule has 2 saturated carbocycles. The Morgan fingerprint density at radius 3 is 2.28 bits per heavy atom. The first-order valence-electron chi connectivity index (χ1n) is 26.7. The van der Waals surface area contributed by atoms with E-state index in [1.807, 2.05) is 6.07 Å². The van der Waals surface area contributed by atoms with Crippen molar-refractivity contribution in [3.63, 3.8) is 0 Å². The van der Waals surface area contributed by atoms with E-state index in [2.05, 4.69) is 62.0 Å². The lowest BCUT2D eigenvalue weighted by Crippen LogP contribution is -2.59. The van der Waals surface area contributed by atoms with Crippen LogP contribution < -0.4 is 21.3 Å². The molecule has 5 fully saturated rings. The number of benzene rings is 1. The lowest BCUT2D eigenvalue weighted by Gasteiger charge is -2.45. The van der Waals surface area contributed by atoms with Gasteiger partial charge < -0.3 is 45.4 Å². The number of amides is 5. The predicted molar refractivity (Wildman–Crippen MR) is 270 cm³/mol. The molecule has 2 aliphatic carbocycles.